The van der Waals surface area contributed by atoms with Gasteiger partial charge in [-0.25, -0.2) is 0 Å². The number of aromatic nitrogens is 2. The van der Waals surface area contributed by atoms with Gasteiger partial charge in [0.05, 0.1) is 18.3 Å². The number of carbonyl (C=O) groups excluding carboxylic acids is 2. The molecule has 2 heterocycles. The lowest BCUT2D eigenvalue weighted by Gasteiger charge is -2.31. The van der Waals surface area contributed by atoms with E-state index in [0.29, 0.717) is 17.9 Å². The van der Waals surface area contributed by atoms with Gasteiger partial charge in [-0.05, 0) is 23.7 Å². The Morgan fingerprint density at radius 3 is 2.71 bits per heavy atom. The molecule has 0 bridgehead atoms. The number of benzene rings is 2. The van der Waals surface area contributed by atoms with E-state index in [1.54, 1.807) is 24.3 Å². The van der Waals surface area contributed by atoms with Crippen molar-refractivity contribution < 1.29 is 28.6 Å². The Balaban J connectivity index is 1.43. The predicted octanol–water partition coefficient (Wildman–Crippen LogP) is 1.09. The maximum atomic E-state index is 12.9. The van der Waals surface area contributed by atoms with Crippen LogP contribution in [0.25, 0.3) is 5.69 Å². The first kappa shape index (κ1) is 20.5. The molecule has 0 saturated carbocycles. The van der Waals surface area contributed by atoms with Gasteiger partial charge in [0, 0.05) is 24.4 Å². The standard InChI is InChI=1S/C22H22N4O5/c1-15-7-9-16(10-8-15)23-20(27)13-19-21(28)25(11-12-30-19)14-18-22(29)31-24-26(18)17-5-3-2-4-6-17/h2-10,19H,11-14H2,1H3,(H-,23,24,27,29). The average molecular weight is 422 g/mol. The molecule has 2 amide bonds. The molecular formula is C22H22N4O5. The number of rotatable bonds is 6. The van der Waals surface area contributed by atoms with Crippen molar-refractivity contribution in [1.82, 2.24) is 10.2 Å². The molecule has 9 heteroatoms. The van der Waals surface area contributed by atoms with Crippen LogP contribution in [0.15, 0.2) is 59.1 Å². The molecule has 1 aliphatic heterocycles. The highest BCUT2D eigenvalue weighted by Crippen LogP contribution is 2.18. The van der Waals surface area contributed by atoms with Crippen LogP contribution in [0.5, 0.6) is 5.95 Å². The third-order valence-electron chi connectivity index (χ3n) is 5.01. The number of carbonyl (C=O) groups is 2. The fourth-order valence-electron chi connectivity index (χ4n) is 3.36. The number of amides is 2. The average Bonchev–Trinajstić information content (AvgIpc) is 3.13. The molecule has 0 aliphatic carbocycles. The number of hydrogen-bond acceptors (Lipinski definition) is 6. The van der Waals surface area contributed by atoms with E-state index in [0.717, 1.165) is 5.56 Å². The minimum absolute atomic E-state index is 0.00943. The van der Waals surface area contributed by atoms with Gasteiger partial charge in [-0.1, -0.05) is 35.9 Å². The largest absolute Gasteiger partial charge is 0.539 e. The van der Waals surface area contributed by atoms with Crippen molar-refractivity contribution in [2.24, 2.45) is 0 Å². The second kappa shape index (κ2) is 8.97. The fourth-order valence-corrected chi connectivity index (χ4v) is 3.36. The van der Waals surface area contributed by atoms with Crippen LogP contribution in [0.4, 0.5) is 5.69 Å². The van der Waals surface area contributed by atoms with E-state index in [4.69, 9.17) is 9.26 Å². The molecule has 1 unspecified atom stereocenters. The molecule has 0 radical (unpaired) electrons. The van der Waals surface area contributed by atoms with Crippen LogP contribution in [-0.4, -0.2) is 41.2 Å². The fraction of sp³-hybridized carbons (Fsp3) is 0.273. The maximum absolute atomic E-state index is 12.9. The highest BCUT2D eigenvalue weighted by molar-refractivity contribution is 5.95. The van der Waals surface area contributed by atoms with Crippen LogP contribution in [0.3, 0.4) is 0 Å². The summed E-state index contributed by atoms with van der Waals surface area (Å²) in [5.41, 5.74) is 2.61. The molecule has 1 aromatic heterocycles. The van der Waals surface area contributed by atoms with E-state index >= 15 is 0 Å². The van der Waals surface area contributed by atoms with Crippen molar-refractivity contribution in [2.75, 3.05) is 18.5 Å². The van der Waals surface area contributed by atoms with Gasteiger partial charge in [-0.15, -0.1) is 0 Å². The van der Waals surface area contributed by atoms with Crippen LogP contribution >= 0.6 is 0 Å². The molecule has 1 fully saturated rings. The van der Waals surface area contributed by atoms with Crippen molar-refractivity contribution >= 4 is 17.5 Å². The third kappa shape index (κ3) is 4.72. The number of morpholine rings is 1. The van der Waals surface area contributed by atoms with Crippen molar-refractivity contribution in [3.63, 3.8) is 0 Å². The minimum atomic E-state index is -0.917. The number of nitrogens with zero attached hydrogens (tertiary/aromatic N) is 3. The second-order valence-corrected chi connectivity index (χ2v) is 7.29. The van der Waals surface area contributed by atoms with E-state index in [2.05, 4.69) is 10.6 Å². The highest BCUT2D eigenvalue weighted by Gasteiger charge is 2.34. The number of aryl methyl sites for hydroxylation is 1. The molecule has 31 heavy (non-hydrogen) atoms. The monoisotopic (exact) mass is 422 g/mol. The van der Waals surface area contributed by atoms with Crippen LogP contribution in [0.2, 0.25) is 0 Å². The summed E-state index contributed by atoms with van der Waals surface area (Å²) in [7, 11) is 0. The lowest BCUT2D eigenvalue weighted by Crippen LogP contribution is -2.50. The molecule has 1 aliphatic rings. The van der Waals surface area contributed by atoms with Gasteiger partial charge >= 0.3 is 0 Å². The zero-order valence-electron chi connectivity index (χ0n) is 17.0. The topological polar surface area (TPSA) is 112 Å². The summed E-state index contributed by atoms with van der Waals surface area (Å²) in [6, 6.07) is 16.4. The third-order valence-corrected chi connectivity index (χ3v) is 5.01. The van der Waals surface area contributed by atoms with Crippen LogP contribution in [-0.2, 0) is 20.9 Å². The molecule has 3 aromatic rings. The molecule has 2 aromatic carbocycles. The zero-order valence-corrected chi connectivity index (χ0v) is 17.0. The normalized spacial score (nSPS) is 16.4. The Labute approximate surface area is 178 Å². The van der Waals surface area contributed by atoms with E-state index in [-0.39, 0.29) is 37.1 Å². The van der Waals surface area contributed by atoms with Crippen molar-refractivity contribution in [3.8, 4) is 11.6 Å². The minimum Gasteiger partial charge on any atom is -0.539 e. The van der Waals surface area contributed by atoms with E-state index in [9.17, 15) is 14.7 Å². The Morgan fingerprint density at radius 1 is 1.23 bits per heavy atom. The van der Waals surface area contributed by atoms with Crippen molar-refractivity contribution in [3.05, 3.63) is 65.9 Å². The molecule has 9 nitrogen and oxygen atoms in total. The van der Waals surface area contributed by atoms with Gasteiger partial charge in [0.1, 0.15) is 12.6 Å². The molecule has 1 atom stereocenters. The summed E-state index contributed by atoms with van der Waals surface area (Å²) in [6.45, 7) is 2.53. The summed E-state index contributed by atoms with van der Waals surface area (Å²) in [6.07, 6.45) is -1.03. The summed E-state index contributed by atoms with van der Waals surface area (Å²) in [5.74, 6) is -1.29. The van der Waals surface area contributed by atoms with E-state index < -0.39 is 12.1 Å². The first-order valence-corrected chi connectivity index (χ1v) is 9.91. The molecule has 0 spiro atoms. The molecule has 4 rings (SSSR count). The smallest absolute Gasteiger partial charge is 0.259 e. The van der Waals surface area contributed by atoms with E-state index in [1.807, 2.05) is 37.3 Å². The first-order chi connectivity index (χ1) is 15.0. The van der Waals surface area contributed by atoms with Gasteiger partial charge in [0.15, 0.2) is 5.95 Å². The van der Waals surface area contributed by atoms with Crippen LogP contribution in [0, 0.1) is 6.92 Å². The zero-order chi connectivity index (χ0) is 21.8. The van der Waals surface area contributed by atoms with Crippen LogP contribution in [0.1, 0.15) is 17.7 Å². The van der Waals surface area contributed by atoms with Gasteiger partial charge in [0.2, 0.25) is 11.6 Å². The van der Waals surface area contributed by atoms with Crippen molar-refractivity contribution in [2.45, 2.75) is 26.0 Å². The predicted molar refractivity (Wildman–Crippen MR) is 107 cm³/mol. The van der Waals surface area contributed by atoms with E-state index in [1.165, 1.54) is 9.58 Å². The lowest BCUT2D eigenvalue weighted by molar-refractivity contribution is -0.678. The summed E-state index contributed by atoms with van der Waals surface area (Å²) in [4.78, 5) is 26.8. The Morgan fingerprint density at radius 2 is 1.97 bits per heavy atom. The highest BCUT2D eigenvalue weighted by atomic mass is 16.6. The van der Waals surface area contributed by atoms with Crippen LogP contribution < -0.4 is 15.1 Å². The molecule has 160 valence electrons. The maximum Gasteiger partial charge on any atom is 0.259 e. The number of hydrogen-bond donors (Lipinski definition) is 1. The number of ether oxygens (including phenoxy) is 1. The van der Waals surface area contributed by atoms with Gasteiger partial charge in [-0.3, -0.25) is 9.59 Å². The Hall–Kier alpha value is -3.72. The SMILES string of the molecule is Cc1ccc(NC(=O)CC2OCCN(Cc3c([O-])on[n+]3-c3ccccc3)C2=O)cc1. The molecule has 1 saturated heterocycles. The Kier molecular flexibility index (Phi) is 5.94. The number of nitrogens with one attached hydrogen (secondary N) is 1. The molecular weight excluding hydrogens is 400 g/mol. The first-order valence-electron chi connectivity index (χ1n) is 9.91. The molecule has 1 N–H and O–H groups in total. The second-order valence-electron chi connectivity index (χ2n) is 7.29. The number of para-hydroxylation sites is 1. The number of anilines is 1. The Bertz CT molecular complexity index is 1070. The van der Waals surface area contributed by atoms with Gasteiger partial charge in [-0.2, -0.15) is 0 Å². The van der Waals surface area contributed by atoms with Crippen molar-refractivity contribution in [1.29, 1.82) is 0 Å². The summed E-state index contributed by atoms with van der Waals surface area (Å²) in [5, 5.41) is 18.8. The quantitative estimate of drug-likeness (QED) is 0.595. The summed E-state index contributed by atoms with van der Waals surface area (Å²) < 4.78 is 11.7. The summed E-state index contributed by atoms with van der Waals surface area (Å²) >= 11 is 0. The lowest BCUT2D eigenvalue weighted by atomic mass is 10.1. The van der Waals surface area contributed by atoms with Gasteiger partial charge in [0.25, 0.3) is 11.6 Å². The van der Waals surface area contributed by atoms with Gasteiger partial charge < -0.3 is 24.6 Å².